The topological polar surface area (TPSA) is 46.6 Å². The van der Waals surface area contributed by atoms with E-state index >= 15 is 0 Å². The van der Waals surface area contributed by atoms with Crippen molar-refractivity contribution in [3.63, 3.8) is 0 Å². The molecule has 0 aliphatic heterocycles. The highest BCUT2D eigenvalue weighted by Crippen LogP contribution is 2.21. The monoisotopic (exact) mass is 301 g/mol. The largest absolute Gasteiger partial charge is 0.468 e. The Balaban J connectivity index is 2.70. The van der Waals surface area contributed by atoms with Gasteiger partial charge in [-0.1, -0.05) is 29.3 Å². The molecule has 19 heavy (non-hydrogen) atoms. The number of nitrogens with zero attached hydrogens (tertiary/aromatic N) is 1. The van der Waals surface area contributed by atoms with Gasteiger partial charge < -0.3 is 9.64 Å². The predicted molar refractivity (Wildman–Crippen MR) is 75.1 cm³/mol. The second-order valence-electron chi connectivity index (χ2n) is 3.77. The zero-order chi connectivity index (χ0) is 14.4. The minimum absolute atomic E-state index is 0.103. The minimum atomic E-state index is -0.478. The molecule has 6 heteroatoms. The van der Waals surface area contributed by atoms with Crippen LogP contribution in [0.5, 0.6) is 0 Å². The summed E-state index contributed by atoms with van der Waals surface area (Å²) in [5, 5.41) is 0.975. The van der Waals surface area contributed by atoms with Gasteiger partial charge in [-0.2, -0.15) is 0 Å². The van der Waals surface area contributed by atoms with Crippen molar-refractivity contribution in [2.45, 2.75) is 0 Å². The number of halogens is 2. The van der Waals surface area contributed by atoms with Crippen molar-refractivity contribution in [2.24, 2.45) is 0 Å². The smallest absolute Gasteiger partial charge is 0.325 e. The highest BCUT2D eigenvalue weighted by molar-refractivity contribution is 6.35. The number of carbonyl (C=O) groups excluding carboxylic acids is 2. The van der Waals surface area contributed by atoms with Crippen molar-refractivity contribution in [2.75, 3.05) is 20.7 Å². The number of likely N-dealkylation sites (N-methyl/N-ethyl adjacent to an activating group) is 1. The summed E-state index contributed by atoms with van der Waals surface area (Å²) < 4.78 is 4.47. The van der Waals surface area contributed by atoms with Crippen molar-refractivity contribution >= 4 is 41.2 Å². The molecular formula is C13H13Cl2NO3. The number of hydrogen-bond acceptors (Lipinski definition) is 3. The van der Waals surface area contributed by atoms with Crippen molar-refractivity contribution in [1.29, 1.82) is 0 Å². The van der Waals surface area contributed by atoms with Gasteiger partial charge >= 0.3 is 5.97 Å². The Morgan fingerprint density at radius 3 is 2.63 bits per heavy atom. The molecular weight excluding hydrogens is 289 g/mol. The van der Waals surface area contributed by atoms with E-state index in [9.17, 15) is 9.59 Å². The lowest BCUT2D eigenvalue weighted by molar-refractivity contribution is -0.144. The fourth-order valence-electron chi connectivity index (χ4n) is 1.26. The number of ether oxygens (including phenoxy) is 1. The van der Waals surface area contributed by atoms with Crippen LogP contribution in [0.15, 0.2) is 24.3 Å². The third kappa shape index (κ3) is 4.93. The lowest BCUT2D eigenvalue weighted by Crippen LogP contribution is -2.31. The molecule has 0 atom stereocenters. The maximum absolute atomic E-state index is 11.7. The molecule has 1 rings (SSSR count). The van der Waals surface area contributed by atoms with Gasteiger partial charge in [0.2, 0.25) is 5.91 Å². The van der Waals surface area contributed by atoms with E-state index in [1.807, 2.05) is 0 Å². The SMILES string of the molecule is COC(=O)CN(C)C(=O)C=Cc1ccc(Cl)cc1Cl. The molecule has 0 saturated carbocycles. The van der Waals surface area contributed by atoms with Gasteiger partial charge in [0.25, 0.3) is 0 Å². The average molecular weight is 302 g/mol. The Labute approximate surface area is 121 Å². The quantitative estimate of drug-likeness (QED) is 0.634. The Hall–Kier alpha value is -1.52. The van der Waals surface area contributed by atoms with Crippen molar-refractivity contribution in [3.8, 4) is 0 Å². The molecule has 0 aliphatic carbocycles. The van der Waals surface area contributed by atoms with E-state index in [0.29, 0.717) is 15.6 Å². The fraction of sp³-hybridized carbons (Fsp3) is 0.231. The van der Waals surface area contributed by atoms with Crippen LogP contribution >= 0.6 is 23.2 Å². The van der Waals surface area contributed by atoms with Gasteiger partial charge in [-0.3, -0.25) is 9.59 Å². The summed E-state index contributed by atoms with van der Waals surface area (Å²) in [7, 11) is 2.77. The van der Waals surface area contributed by atoms with Gasteiger partial charge in [0.1, 0.15) is 6.54 Å². The van der Waals surface area contributed by atoms with Gasteiger partial charge in [0.05, 0.1) is 7.11 Å². The van der Waals surface area contributed by atoms with Gasteiger partial charge in [-0.15, -0.1) is 0 Å². The fourth-order valence-corrected chi connectivity index (χ4v) is 1.73. The summed E-state index contributed by atoms with van der Waals surface area (Å²) in [4.78, 5) is 24.0. The van der Waals surface area contributed by atoms with Gasteiger partial charge in [0, 0.05) is 23.2 Å². The van der Waals surface area contributed by atoms with Crippen LogP contribution in [0.1, 0.15) is 5.56 Å². The molecule has 0 heterocycles. The third-order valence-corrected chi connectivity index (χ3v) is 2.90. The molecule has 0 saturated heterocycles. The Morgan fingerprint density at radius 1 is 1.37 bits per heavy atom. The van der Waals surface area contributed by atoms with E-state index in [-0.39, 0.29) is 12.5 Å². The zero-order valence-electron chi connectivity index (χ0n) is 10.5. The third-order valence-electron chi connectivity index (χ3n) is 2.34. The number of hydrogen-bond donors (Lipinski definition) is 0. The number of rotatable bonds is 4. The van der Waals surface area contributed by atoms with E-state index in [1.165, 1.54) is 25.1 Å². The molecule has 0 fully saturated rings. The summed E-state index contributed by atoms with van der Waals surface area (Å²) >= 11 is 11.7. The van der Waals surface area contributed by atoms with Crippen LogP contribution in [0, 0.1) is 0 Å². The normalized spacial score (nSPS) is 10.5. The summed E-state index contributed by atoms with van der Waals surface area (Å²) in [6, 6.07) is 4.97. The van der Waals surface area contributed by atoms with Crippen molar-refractivity contribution in [1.82, 2.24) is 4.90 Å². The van der Waals surface area contributed by atoms with Crippen LogP contribution < -0.4 is 0 Å². The van der Waals surface area contributed by atoms with E-state index in [4.69, 9.17) is 23.2 Å². The first kappa shape index (κ1) is 15.5. The average Bonchev–Trinajstić information content (AvgIpc) is 2.37. The number of esters is 1. The standard InChI is InChI=1S/C13H13Cl2NO3/c1-16(8-13(18)19-2)12(17)6-4-9-3-5-10(14)7-11(9)15/h3-7H,8H2,1-2H3. The molecule has 0 radical (unpaired) electrons. The molecule has 0 aliphatic rings. The highest BCUT2D eigenvalue weighted by atomic mass is 35.5. The number of amides is 1. The van der Waals surface area contributed by atoms with Crippen LogP contribution in [0.4, 0.5) is 0 Å². The van der Waals surface area contributed by atoms with E-state index in [2.05, 4.69) is 4.74 Å². The van der Waals surface area contributed by atoms with Crippen LogP contribution in [0.3, 0.4) is 0 Å². The van der Waals surface area contributed by atoms with E-state index in [1.54, 1.807) is 24.3 Å². The van der Waals surface area contributed by atoms with E-state index in [0.717, 1.165) is 0 Å². The van der Waals surface area contributed by atoms with Crippen molar-refractivity contribution in [3.05, 3.63) is 39.9 Å². The molecule has 0 bridgehead atoms. The maximum atomic E-state index is 11.7. The molecule has 102 valence electrons. The molecule has 0 spiro atoms. The minimum Gasteiger partial charge on any atom is -0.468 e. The van der Waals surface area contributed by atoms with Gasteiger partial charge in [0.15, 0.2) is 0 Å². The zero-order valence-corrected chi connectivity index (χ0v) is 12.0. The molecule has 0 N–H and O–H groups in total. The van der Waals surface area contributed by atoms with E-state index < -0.39 is 5.97 Å². The highest BCUT2D eigenvalue weighted by Gasteiger charge is 2.10. The summed E-state index contributed by atoms with van der Waals surface area (Å²) in [5.41, 5.74) is 0.672. The second kappa shape index (κ2) is 7.16. The molecule has 0 aromatic heterocycles. The Morgan fingerprint density at radius 2 is 2.05 bits per heavy atom. The molecule has 1 aromatic carbocycles. The van der Waals surface area contributed by atoms with Crippen LogP contribution in [-0.2, 0) is 14.3 Å². The Bertz CT molecular complexity index is 515. The number of benzene rings is 1. The number of methoxy groups -OCH3 is 1. The van der Waals surface area contributed by atoms with Crippen molar-refractivity contribution < 1.29 is 14.3 Å². The molecule has 4 nitrogen and oxygen atoms in total. The first-order valence-corrected chi connectivity index (χ1v) is 6.14. The van der Waals surface area contributed by atoms with Gasteiger partial charge in [-0.05, 0) is 23.8 Å². The summed E-state index contributed by atoms with van der Waals surface area (Å²) in [5.74, 6) is -0.801. The molecule has 1 amide bonds. The lowest BCUT2D eigenvalue weighted by atomic mass is 10.2. The van der Waals surface area contributed by atoms with Crippen LogP contribution in [0.25, 0.3) is 6.08 Å². The second-order valence-corrected chi connectivity index (χ2v) is 4.61. The molecule has 0 unspecified atom stereocenters. The lowest BCUT2D eigenvalue weighted by Gasteiger charge is -2.12. The maximum Gasteiger partial charge on any atom is 0.325 e. The Kier molecular flexibility index (Phi) is 5.86. The predicted octanol–water partition coefficient (Wildman–Crippen LogP) is 2.64. The first-order valence-electron chi connectivity index (χ1n) is 5.39. The van der Waals surface area contributed by atoms with Crippen LogP contribution in [-0.4, -0.2) is 37.5 Å². The van der Waals surface area contributed by atoms with Gasteiger partial charge in [-0.25, -0.2) is 0 Å². The first-order chi connectivity index (χ1) is 8.93. The summed E-state index contributed by atoms with van der Waals surface area (Å²) in [6.07, 6.45) is 2.90. The van der Waals surface area contributed by atoms with Crippen LogP contribution in [0.2, 0.25) is 10.0 Å². The number of carbonyl (C=O) groups is 2. The summed E-state index contributed by atoms with van der Waals surface area (Å²) in [6.45, 7) is -0.103. The molecule has 1 aromatic rings.